The quantitative estimate of drug-likeness (QED) is 0.849. The van der Waals surface area contributed by atoms with Gasteiger partial charge in [-0.1, -0.05) is 11.6 Å². The number of sulfonamides is 1. The third-order valence-corrected chi connectivity index (χ3v) is 3.63. The van der Waals surface area contributed by atoms with Gasteiger partial charge in [0.2, 0.25) is 5.09 Å². The molecule has 1 aromatic heterocycles. The van der Waals surface area contributed by atoms with Crippen LogP contribution in [0.2, 0.25) is 5.02 Å². The Morgan fingerprint density at radius 2 is 2.10 bits per heavy atom. The van der Waals surface area contributed by atoms with E-state index in [0.717, 1.165) is 0 Å². The molecule has 114 valence electrons. The van der Waals surface area contributed by atoms with Crippen molar-refractivity contribution in [2.24, 2.45) is 5.14 Å². The first-order chi connectivity index (χ1) is 9.90. The third kappa shape index (κ3) is 4.13. The molecule has 0 atom stereocenters. The van der Waals surface area contributed by atoms with Gasteiger partial charge in [0.05, 0.1) is 18.8 Å². The Hall–Kier alpha value is -1.70. The summed E-state index contributed by atoms with van der Waals surface area (Å²) >= 11 is 5.95. The lowest BCUT2D eigenvalue weighted by Gasteiger charge is -2.11. The van der Waals surface area contributed by atoms with Crippen molar-refractivity contribution >= 4 is 27.3 Å². The minimum absolute atomic E-state index is 0.268. The van der Waals surface area contributed by atoms with Gasteiger partial charge < -0.3 is 14.5 Å². The summed E-state index contributed by atoms with van der Waals surface area (Å²) in [6, 6.07) is 8.05. The molecule has 0 unspecified atom stereocenters. The maximum absolute atomic E-state index is 11.1. The fraction of sp³-hybridized carbons (Fsp3) is 0.231. The first-order valence-electron chi connectivity index (χ1n) is 6.18. The molecule has 0 saturated carbocycles. The van der Waals surface area contributed by atoms with Crippen LogP contribution in [0.25, 0.3) is 0 Å². The minimum Gasteiger partial charge on any atom is -0.492 e. The molecule has 0 aliphatic carbocycles. The van der Waals surface area contributed by atoms with Crippen molar-refractivity contribution in [3.63, 3.8) is 0 Å². The molecule has 21 heavy (non-hydrogen) atoms. The van der Waals surface area contributed by atoms with Gasteiger partial charge in [0.25, 0.3) is 10.0 Å². The number of halogens is 1. The summed E-state index contributed by atoms with van der Waals surface area (Å²) < 4.78 is 32.9. The average Bonchev–Trinajstić information content (AvgIpc) is 2.88. The molecule has 8 heteroatoms. The number of anilines is 1. The highest BCUT2D eigenvalue weighted by molar-refractivity contribution is 7.89. The number of hydrogen-bond donors (Lipinski definition) is 2. The number of primary sulfonamides is 1. The van der Waals surface area contributed by atoms with E-state index in [-0.39, 0.29) is 11.6 Å². The Morgan fingerprint density at radius 3 is 2.71 bits per heavy atom. The van der Waals surface area contributed by atoms with Crippen LogP contribution in [-0.2, 0) is 16.6 Å². The van der Waals surface area contributed by atoms with Crippen LogP contribution in [0.5, 0.6) is 5.75 Å². The summed E-state index contributed by atoms with van der Waals surface area (Å²) in [6.07, 6.45) is 0. The lowest BCUT2D eigenvalue weighted by atomic mass is 10.3. The van der Waals surface area contributed by atoms with Crippen LogP contribution in [0.3, 0.4) is 0 Å². The van der Waals surface area contributed by atoms with Crippen LogP contribution in [0.1, 0.15) is 12.7 Å². The lowest BCUT2D eigenvalue weighted by Crippen LogP contribution is -2.10. The van der Waals surface area contributed by atoms with Crippen molar-refractivity contribution in [2.45, 2.75) is 18.6 Å². The first kappa shape index (κ1) is 15.7. The molecule has 0 saturated heterocycles. The Bertz CT molecular complexity index is 728. The van der Waals surface area contributed by atoms with E-state index in [1.807, 2.05) is 6.92 Å². The SMILES string of the molecule is CCOc1ccc(Cl)cc1NCc1ccc(S(N)(=O)=O)o1. The molecular formula is C13H15ClN2O4S. The predicted molar refractivity (Wildman–Crippen MR) is 80.0 cm³/mol. The van der Waals surface area contributed by atoms with Gasteiger partial charge >= 0.3 is 0 Å². The molecule has 2 aromatic rings. The number of nitrogens with two attached hydrogens (primary N) is 1. The summed E-state index contributed by atoms with van der Waals surface area (Å²) in [6.45, 7) is 2.67. The summed E-state index contributed by atoms with van der Waals surface area (Å²) in [7, 11) is -3.83. The molecule has 1 heterocycles. The average molecular weight is 331 g/mol. The highest BCUT2D eigenvalue weighted by Gasteiger charge is 2.13. The Balaban J connectivity index is 2.12. The van der Waals surface area contributed by atoms with E-state index in [9.17, 15) is 8.42 Å². The van der Waals surface area contributed by atoms with Gasteiger partial charge in [-0.15, -0.1) is 0 Å². The highest BCUT2D eigenvalue weighted by atomic mass is 35.5. The van der Waals surface area contributed by atoms with Gasteiger partial charge in [-0.05, 0) is 37.3 Å². The zero-order valence-electron chi connectivity index (χ0n) is 11.3. The Kier molecular flexibility index (Phi) is 4.76. The maximum Gasteiger partial charge on any atom is 0.271 e. The van der Waals surface area contributed by atoms with E-state index in [4.69, 9.17) is 25.9 Å². The molecule has 0 radical (unpaired) electrons. The fourth-order valence-electron chi connectivity index (χ4n) is 1.71. The minimum atomic E-state index is -3.83. The van der Waals surface area contributed by atoms with Gasteiger partial charge in [-0.3, -0.25) is 0 Å². The molecule has 0 amide bonds. The van der Waals surface area contributed by atoms with E-state index < -0.39 is 10.0 Å². The smallest absolute Gasteiger partial charge is 0.271 e. The van der Waals surface area contributed by atoms with E-state index >= 15 is 0 Å². The van der Waals surface area contributed by atoms with E-state index in [1.165, 1.54) is 12.1 Å². The highest BCUT2D eigenvalue weighted by Crippen LogP contribution is 2.28. The van der Waals surface area contributed by atoms with Crippen molar-refractivity contribution in [3.8, 4) is 5.75 Å². The fourth-order valence-corrected chi connectivity index (χ4v) is 2.36. The maximum atomic E-state index is 11.1. The third-order valence-electron chi connectivity index (χ3n) is 2.61. The summed E-state index contributed by atoms with van der Waals surface area (Å²) in [5.74, 6) is 1.08. The second-order valence-electron chi connectivity index (χ2n) is 4.19. The van der Waals surface area contributed by atoms with Gasteiger partial charge in [0, 0.05) is 5.02 Å². The number of rotatable bonds is 6. The summed E-state index contributed by atoms with van der Waals surface area (Å²) in [5, 5.41) is 8.36. The van der Waals surface area contributed by atoms with E-state index in [0.29, 0.717) is 28.8 Å². The van der Waals surface area contributed by atoms with Crippen LogP contribution in [0.4, 0.5) is 5.69 Å². The van der Waals surface area contributed by atoms with Crippen molar-refractivity contribution < 1.29 is 17.6 Å². The number of furan rings is 1. The summed E-state index contributed by atoms with van der Waals surface area (Å²) in [5.41, 5.74) is 0.693. The van der Waals surface area contributed by atoms with Crippen LogP contribution in [0, 0.1) is 0 Å². The second kappa shape index (κ2) is 6.38. The normalized spacial score (nSPS) is 11.4. The topological polar surface area (TPSA) is 94.6 Å². The van der Waals surface area contributed by atoms with Crippen molar-refractivity contribution in [1.29, 1.82) is 0 Å². The van der Waals surface area contributed by atoms with Crippen LogP contribution in [-0.4, -0.2) is 15.0 Å². The van der Waals surface area contributed by atoms with E-state index in [1.54, 1.807) is 18.2 Å². The van der Waals surface area contributed by atoms with E-state index in [2.05, 4.69) is 5.32 Å². The lowest BCUT2D eigenvalue weighted by molar-refractivity contribution is 0.341. The molecule has 0 aliphatic rings. The van der Waals surface area contributed by atoms with Gasteiger partial charge in [0.1, 0.15) is 11.5 Å². The molecular weight excluding hydrogens is 316 g/mol. The van der Waals surface area contributed by atoms with Gasteiger partial charge in [0.15, 0.2) is 0 Å². The molecule has 2 rings (SSSR count). The van der Waals surface area contributed by atoms with Crippen molar-refractivity contribution in [3.05, 3.63) is 41.1 Å². The van der Waals surface area contributed by atoms with Crippen LogP contribution < -0.4 is 15.2 Å². The van der Waals surface area contributed by atoms with Gasteiger partial charge in [-0.25, -0.2) is 13.6 Å². The van der Waals surface area contributed by atoms with Gasteiger partial charge in [-0.2, -0.15) is 0 Å². The molecule has 0 fully saturated rings. The largest absolute Gasteiger partial charge is 0.492 e. The van der Waals surface area contributed by atoms with Crippen molar-refractivity contribution in [1.82, 2.24) is 0 Å². The van der Waals surface area contributed by atoms with Crippen molar-refractivity contribution in [2.75, 3.05) is 11.9 Å². The first-order valence-corrected chi connectivity index (χ1v) is 8.10. The standard InChI is InChI=1S/C13H15ClN2O4S/c1-2-19-12-5-3-9(14)7-11(12)16-8-10-4-6-13(20-10)21(15,17)18/h3-7,16H,2,8H2,1H3,(H2,15,17,18). The number of nitrogens with one attached hydrogen (secondary N) is 1. The Labute approximate surface area is 127 Å². The monoisotopic (exact) mass is 330 g/mol. The zero-order valence-corrected chi connectivity index (χ0v) is 12.9. The molecule has 0 aliphatic heterocycles. The van der Waals surface area contributed by atoms with Crippen LogP contribution in [0.15, 0.2) is 39.8 Å². The molecule has 3 N–H and O–H groups in total. The second-order valence-corrected chi connectivity index (χ2v) is 6.12. The molecule has 1 aromatic carbocycles. The number of benzene rings is 1. The number of hydrogen-bond acceptors (Lipinski definition) is 5. The Morgan fingerprint density at radius 1 is 1.33 bits per heavy atom. The van der Waals surface area contributed by atoms with Crippen LogP contribution >= 0.6 is 11.6 Å². The number of ether oxygens (including phenoxy) is 1. The zero-order chi connectivity index (χ0) is 15.5. The predicted octanol–water partition coefficient (Wildman–Crippen LogP) is 2.59. The summed E-state index contributed by atoms with van der Waals surface area (Å²) in [4.78, 5) is 0. The molecule has 0 spiro atoms. The molecule has 6 nitrogen and oxygen atoms in total. The molecule has 0 bridgehead atoms.